The Morgan fingerprint density at radius 1 is 0.682 bits per heavy atom. The van der Waals surface area contributed by atoms with Crippen molar-refractivity contribution in [2.24, 2.45) is 9.98 Å². The van der Waals surface area contributed by atoms with Gasteiger partial charge in [0.15, 0.2) is 0 Å². The molecule has 2 heterocycles. The fourth-order valence-corrected chi connectivity index (χ4v) is 1.99. The van der Waals surface area contributed by atoms with Crippen LogP contribution in [-0.2, 0) is 9.59 Å². The average Bonchev–Trinajstić information content (AvgIpc) is 3.10. The molecule has 2 aromatic carbocycles. The van der Waals surface area contributed by atoms with Crippen molar-refractivity contribution in [3.8, 4) is 0 Å². The summed E-state index contributed by atoms with van der Waals surface area (Å²) in [6.07, 6.45) is 3.07. The molecule has 2 aliphatic heterocycles. The van der Waals surface area contributed by atoms with Crippen molar-refractivity contribution in [2.75, 3.05) is 0 Å². The number of benzene rings is 2. The molecule has 106 valence electrons. The Labute approximate surface area is 126 Å². The molecule has 2 amide bonds. The van der Waals surface area contributed by atoms with Crippen LogP contribution in [0.25, 0.3) is 12.2 Å². The summed E-state index contributed by atoms with van der Waals surface area (Å²) < 4.78 is 9.00. The van der Waals surface area contributed by atoms with E-state index in [4.69, 9.17) is 4.32 Å². The molecule has 4 rings (SSSR count). The Bertz CT molecular complexity index is 801. The molecule has 22 heavy (non-hydrogen) atoms. The molecule has 0 atom stereocenters. The lowest BCUT2D eigenvalue weighted by atomic mass is 10.3. The topological polar surface area (TPSA) is 58.9 Å². The number of carbonyl (C=O) groups is 2. The smallest absolute Gasteiger partial charge is 0.350 e. The van der Waals surface area contributed by atoms with E-state index in [1.54, 1.807) is 0 Å². The van der Waals surface area contributed by atoms with Gasteiger partial charge in [-0.1, -0.05) is 36.4 Å². The number of para-hydroxylation sites is 2. The van der Waals surface area contributed by atoms with Crippen molar-refractivity contribution >= 4 is 32.1 Å². The lowest BCUT2D eigenvalue weighted by molar-refractivity contribution is -0.113. The molecule has 4 nitrogen and oxygen atoms in total. The molecule has 0 fully saturated rings. The molecular formula is C16H10BFN2O2. The van der Waals surface area contributed by atoms with E-state index in [9.17, 15) is 9.59 Å². The first-order valence-corrected chi connectivity index (χ1v) is 6.33. The van der Waals surface area contributed by atoms with E-state index in [-0.39, 0.29) is 11.8 Å². The summed E-state index contributed by atoms with van der Waals surface area (Å²) in [4.78, 5) is 28.9. The number of fused-ring (bicyclic) bond motifs is 2. The minimum absolute atomic E-state index is 0.152. The van der Waals surface area contributed by atoms with Gasteiger partial charge in [0.25, 0.3) is 11.8 Å². The second kappa shape index (κ2) is 7.22. The van der Waals surface area contributed by atoms with Gasteiger partial charge in [-0.05, 0) is 12.1 Å². The summed E-state index contributed by atoms with van der Waals surface area (Å²) in [6, 6.07) is 14.9. The van der Waals surface area contributed by atoms with Gasteiger partial charge in [0.2, 0.25) is 0 Å². The number of hydrogen-bond donors (Lipinski definition) is 0. The maximum absolute atomic E-state index is 10.7. The zero-order valence-electron chi connectivity index (χ0n) is 11.4. The molecule has 0 unspecified atom stereocenters. The summed E-state index contributed by atoms with van der Waals surface area (Å²) in [5.74, 6) is -0.303. The van der Waals surface area contributed by atoms with Crippen LogP contribution in [0.4, 0.5) is 4.32 Å². The van der Waals surface area contributed by atoms with Crippen molar-refractivity contribution in [1.82, 2.24) is 0 Å². The average molecular weight is 292 g/mol. The normalized spacial score (nSPS) is 12.8. The molecule has 0 aromatic heterocycles. The van der Waals surface area contributed by atoms with E-state index in [0.717, 1.165) is 21.2 Å². The zero-order chi connectivity index (χ0) is 15.9. The molecule has 2 aromatic rings. The largest absolute Gasteiger partial charge is 0.350 e. The number of amides is 2. The first-order valence-electron chi connectivity index (χ1n) is 6.33. The summed E-state index contributed by atoms with van der Waals surface area (Å²) in [5, 5.41) is 3.42. The van der Waals surface area contributed by atoms with Gasteiger partial charge in [0.05, 0.1) is 10.7 Å². The second-order valence-corrected chi connectivity index (χ2v) is 4.31. The zero-order valence-corrected chi connectivity index (χ0v) is 11.4. The summed E-state index contributed by atoms with van der Waals surface area (Å²) in [5.41, 5.74) is 0. The molecule has 0 saturated carbocycles. The number of halogens is 1. The quantitative estimate of drug-likeness (QED) is 0.603. The van der Waals surface area contributed by atoms with Crippen molar-refractivity contribution in [2.45, 2.75) is 0 Å². The molecule has 2 aliphatic rings. The maximum Gasteiger partial charge on any atom is 0.350 e. The van der Waals surface area contributed by atoms with Crippen LogP contribution in [0, 0.1) is 0 Å². The molecule has 0 bridgehead atoms. The fraction of sp³-hybridized carbons (Fsp3) is 0. The molecule has 2 radical (unpaired) electrons. The van der Waals surface area contributed by atoms with Gasteiger partial charge >= 0.3 is 8.12 Å². The highest BCUT2D eigenvalue weighted by Gasteiger charge is 2.00. The van der Waals surface area contributed by atoms with Gasteiger partial charge < -0.3 is 4.32 Å². The molecule has 6 heteroatoms. The Kier molecular flexibility index (Phi) is 5.09. The van der Waals surface area contributed by atoms with Crippen LogP contribution in [0.2, 0.25) is 0 Å². The van der Waals surface area contributed by atoms with Crippen LogP contribution in [0.3, 0.4) is 0 Å². The van der Waals surface area contributed by atoms with Gasteiger partial charge in [0.1, 0.15) is 0 Å². The SMILES string of the molecule is O=C1C=c2ccccc2=N1.O=C1C=c2ccccc2=N1.[B]F. The fourth-order valence-electron chi connectivity index (χ4n) is 1.99. The third kappa shape index (κ3) is 3.60. The number of hydrogen-bond acceptors (Lipinski definition) is 2. The lowest BCUT2D eigenvalue weighted by Gasteiger charge is -1.77. The maximum atomic E-state index is 10.7. The monoisotopic (exact) mass is 292 g/mol. The lowest BCUT2D eigenvalue weighted by Crippen LogP contribution is -2.19. The standard InChI is InChI=1S/2C8H5NO.BF/c2*10-8-5-6-3-1-2-4-7(6)9-8;1-2/h2*1-5H;. The van der Waals surface area contributed by atoms with Gasteiger partial charge in [-0.25, -0.2) is 9.98 Å². The summed E-state index contributed by atoms with van der Waals surface area (Å²) in [7, 11) is 3.00. The highest BCUT2D eigenvalue weighted by Crippen LogP contribution is 1.82. The van der Waals surface area contributed by atoms with Crippen molar-refractivity contribution in [3.05, 3.63) is 69.7 Å². The van der Waals surface area contributed by atoms with Crippen LogP contribution >= 0.6 is 0 Å². The first-order chi connectivity index (χ1) is 10.7. The predicted molar refractivity (Wildman–Crippen MR) is 80.3 cm³/mol. The Morgan fingerprint density at radius 2 is 1.05 bits per heavy atom. The minimum atomic E-state index is -0.152. The van der Waals surface area contributed by atoms with E-state index < -0.39 is 0 Å². The van der Waals surface area contributed by atoms with Gasteiger partial charge in [0, 0.05) is 22.6 Å². The summed E-state index contributed by atoms with van der Waals surface area (Å²) in [6.45, 7) is 0. The van der Waals surface area contributed by atoms with Crippen LogP contribution in [0.15, 0.2) is 58.5 Å². The highest BCUT2D eigenvalue weighted by atomic mass is 19.1. The molecule has 0 spiro atoms. The Balaban J connectivity index is 0.000000144. The Hall–Kier alpha value is -2.89. The minimum Gasteiger partial charge on any atom is -0.350 e. The second-order valence-electron chi connectivity index (χ2n) is 4.31. The van der Waals surface area contributed by atoms with E-state index in [2.05, 4.69) is 18.1 Å². The van der Waals surface area contributed by atoms with Crippen molar-refractivity contribution in [1.29, 1.82) is 0 Å². The third-order valence-corrected chi connectivity index (χ3v) is 2.89. The number of rotatable bonds is 0. The first kappa shape index (κ1) is 15.5. The molecular weight excluding hydrogens is 282 g/mol. The van der Waals surface area contributed by atoms with E-state index in [0.29, 0.717) is 0 Å². The van der Waals surface area contributed by atoms with Gasteiger partial charge in [-0.15, -0.1) is 0 Å². The molecule has 0 N–H and O–H groups in total. The van der Waals surface area contributed by atoms with Crippen LogP contribution < -0.4 is 21.2 Å². The van der Waals surface area contributed by atoms with Gasteiger partial charge in [-0.3, -0.25) is 9.59 Å². The number of nitrogens with zero attached hydrogens (tertiary/aromatic N) is 2. The summed E-state index contributed by atoms with van der Waals surface area (Å²) >= 11 is 0. The van der Waals surface area contributed by atoms with Crippen molar-refractivity contribution < 1.29 is 13.9 Å². The van der Waals surface area contributed by atoms with Crippen molar-refractivity contribution in [3.63, 3.8) is 0 Å². The van der Waals surface area contributed by atoms with E-state index in [1.807, 2.05) is 48.5 Å². The molecule has 0 saturated heterocycles. The third-order valence-electron chi connectivity index (χ3n) is 2.89. The van der Waals surface area contributed by atoms with Crippen LogP contribution in [0.1, 0.15) is 0 Å². The predicted octanol–water partition coefficient (Wildman–Crippen LogP) is -0.707. The highest BCUT2D eigenvalue weighted by molar-refractivity contribution is 6.06. The van der Waals surface area contributed by atoms with E-state index >= 15 is 0 Å². The van der Waals surface area contributed by atoms with E-state index in [1.165, 1.54) is 12.2 Å². The van der Waals surface area contributed by atoms with Crippen LogP contribution in [0.5, 0.6) is 0 Å². The molecule has 0 aliphatic carbocycles. The number of carbonyl (C=O) groups excluding carboxylic acids is 2. The van der Waals surface area contributed by atoms with Gasteiger partial charge in [-0.2, -0.15) is 0 Å². The Morgan fingerprint density at radius 3 is 1.41 bits per heavy atom. The van der Waals surface area contributed by atoms with Crippen LogP contribution in [-0.4, -0.2) is 19.9 Å².